The highest BCUT2D eigenvalue weighted by atomic mass is 35.5. The molecule has 0 spiro atoms. The first-order valence-corrected chi connectivity index (χ1v) is 14.8. The molecule has 9 heteroatoms. The lowest BCUT2D eigenvalue weighted by Crippen LogP contribution is -2.35. The quantitative estimate of drug-likeness (QED) is 0.303. The minimum Gasteiger partial charge on any atom is -0.379 e. The van der Waals surface area contributed by atoms with Gasteiger partial charge in [0.2, 0.25) is 0 Å². The van der Waals surface area contributed by atoms with Crippen LogP contribution in [-0.4, -0.2) is 51.9 Å². The van der Waals surface area contributed by atoms with Crippen LogP contribution in [0, 0.1) is 13.8 Å². The van der Waals surface area contributed by atoms with Crippen molar-refractivity contribution in [1.82, 2.24) is 25.0 Å². The standard InChI is InChI=1S/C32H36ClN5O3/c1-20-13-21(2)36-32(40)27(20)17-34-31(39)26-15-23(16-30-28(26)18-35-38(30)24-5-3-4-6-24)25-8-7-22(14-29(25)33)19-37-9-11-41-12-10-37/h7-8,13-16,18,24H,3-6,9-12,17,19H2,1-2H3,(H,34,39)(H,36,40). The van der Waals surface area contributed by atoms with Crippen LogP contribution in [0.25, 0.3) is 22.0 Å². The number of hydrogen-bond donors (Lipinski definition) is 2. The van der Waals surface area contributed by atoms with Gasteiger partial charge in [-0.2, -0.15) is 5.10 Å². The van der Waals surface area contributed by atoms with Gasteiger partial charge in [-0.05, 0) is 67.6 Å². The van der Waals surface area contributed by atoms with Crippen molar-refractivity contribution in [2.24, 2.45) is 0 Å². The van der Waals surface area contributed by atoms with Crippen LogP contribution < -0.4 is 10.9 Å². The minimum atomic E-state index is -0.248. The van der Waals surface area contributed by atoms with Crippen molar-refractivity contribution in [1.29, 1.82) is 0 Å². The van der Waals surface area contributed by atoms with Crippen molar-refractivity contribution >= 4 is 28.4 Å². The first kappa shape index (κ1) is 27.7. The molecule has 2 fully saturated rings. The fourth-order valence-electron chi connectivity index (χ4n) is 6.20. The molecule has 8 nitrogen and oxygen atoms in total. The molecule has 2 aliphatic rings. The van der Waals surface area contributed by atoms with Crippen LogP contribution in [0.3, 0.4) is 0 Å². The number of amides is 1. The number of pyridine rings is 1. The average molecular weight is 574 g/mol. The number of aromatic amines is 1. The fourth-order valence-corrected chi connectivity index (χ4v) is 6.51. The molecule has 1 aliphatic carbocycles. The molecule has 1 amide bonds. The Balaban J connectivity index is 1.35. The van der Waals surface area contributed by atoms with E-state index in [2.05, 4.69) is 32.0 Å². The second-order valence-electron chi connectivity index (χ2n) is 11.3. The minimum absolute atomic E-state index is 0.139. The van der Waals surface area contributed by atoms with Gasteiger partial charge in [0.25, 0.3) is 11.5 Å². The number of nitrogens with one attached hydrogen (secondary N) is 2. The molecule has 4 aromatic rings. The van der Waals surface area contributed by atoms with E-state index in [1.165, 1.54) is 12.8 Å². The van der Waals surface area contributed by atoms with Gasteiger partial charge in [0.1, 0.15) is 0 Å². The lowest BCUT2D eigenvalue weighted by Gasteiger charge is -2.26. The van der Waals surface area contributed by atoms with E-state index in [-0.39, 0.29) is 18.0 Å². The van der Waals surface area contributed by atoms with Crippen molar-refractivity contribution in [2.45, 2.75) is 58.7 Å². The smallest absolute Gasteiger partial charge is 0.253 e. The second kappa shape index (κ2) is 11.8. The third-order valence-corrected chi connectivity index (χ3v) is 8.72. The maximum atomic E-state index is 13.7. The maximum absolute atomic E-state index is 13.7. The van der Waals surface area contributed by atoms with Crippen LogP contribution in [0.2, 0.25) is 5.02 Å². The number of ether oxygens (including phenoxy) is 1. The van der Waals surface area contributed by atoms with Gasteiger partial charge in [-0.25, -0.2) is 0 Å². The average Bonchev–Trinajstić information content (AvgIpc) is 3.63. The summed E-state index contributed by atoms with van der Waals surface area (Å²) in [5, 5.41) is 9.18. The number of carbonyl (C=O) groups is 1. The van der Waals surface area contributed by atoms with E-state index in [9.17, 15) is 9.59 Å². The number of benzene rings is 2. The molecule has 0 atom stereocenters. The predicted molar refractivity (Wildman–Crippen MR) is 161 cm³/mol. The van der Waals surface area contributed by atoms with Crippen molar-refractivity contribution in [3.8, 4) is 11.1 Å². The van der Waals surface area contributed by atoms with Gasteiger partial charge in [0, 0.05) is 53.4 Å². The van der Waals surface area contributed by atoms with Crippen molar-refractivity contribution < 1.29 is 9.53 Å². The van der Waals surface area contributed by atoms with E-state index in [0.717, 1.165) is 84.5 Å². The first-order chi connectivity index (χ1) is 19.9. The van der Waals surface area contributed by atoms with Gasteiger partial charge in [0.15, 0.2) is 0 Å². The molecule has 6 rings (SSSR count). The van der Waals surface area contributed by atoms with Gasteiger partial charge < -0.3 is 15.0 Å². The monoisotopic (exact) mass is 573 g/mol. The Morgan fingerprint density at radius 3 is 2.63 bits per heavy atom. The van der Waals surface area contributed by atoms with Crippen LogP contribution in [-0.2, 0) is 17.8 Å². The normalized spacial score (nSPS) is 16.5. The lowest BCUT2D eigenvalue weighted by molar-refractivity contribution is 0.0342. The Kier molecular flexibility index (Phi) is 7.97. The molecule has 0 radical (unpaired) electrons. The summed E-state index contributed by atoms with van der Waals surface area (Å²) in [5.41, 5.74) is 6.36. The predicted octanol–water partition coefficient (Wildman–Crippen LogP) is 5.54. The lowest BCUT2D eigenvalue weighted by atomic mass is 9.98. The molecule has 2 N–H and O–H groups in total. The van der Waals surface area contributed by atoms with Crippen molar-refractivity contribution in [3.63, 3.8) is 0 Å². The van der Waals surface area contributed by atoms with Gasteiger partial charge in [-0.1, -0.05) is 36.6 Å². The van der Waals surface area contributed by atoms with E-state index in [0.29, 0.717) is 22.2 Å². The van der Waals surface area contributed by atoms with Crippen molar-refractivity contribution in [2.75, 3.05) is 26.3 Å². The van der Waals surface area contributed by atoms with Crippen molar-refractivity contribution in [3.05, 3.63) is 85.9 Å². The molecule has 41 heavy (non-hydrogen) atoms. The SMILES string of the molecule is Cc1cc(C)c(CNC(=O)c2cc(-c3ccc(CN4CCOCC4)cc3Cl)cc3c2cnn3C2CCCC2)c(=O)[nH]1. The summed E-state index contributed by atoms with van der Waals surface area (Å²) >= 11 is 6.89. The molecule has 0 bridgehead atoms. The number of halogens is 1. The molecule has 2 aromatic heterocycles. The third-order valence-electron chi connectivity index (χ3n) is 8.41. The van der Waals surface area contributed by atoms with Crippen LogP contribution in [0.15, 0.2) is 47.4 Å². The number of hydrogen-bond acceptors (Lipinski definition) is 5. The Labute approximate surface area is 244 Å². The van der Waals surface area contributed by atoms with E-state index >= 15 is 0 Å². The zero-order chi connectivity index (χ0) is 28.5. The zero-order valence-electron chi connectivity index (χ0n) is 23.6. The molecule has 0 unspecified atom stereocenters. The highest BCUT2D eigenvalue weighted by molar-refractivity contribution is 6.33. The van der Waals surface area contributed by atoms with Gasteiger partial charge in [-0.3, -0.25) is 19.2 Å². The molecule has 1 aliphatic heterocycles. The summed E-state index contributed by atoms with van der Waals surface area (Å²) in [7, 11) is 0. The maximum Gasteiger partial charge on any atom is 0.253 e. The Morgan fingerprint density at radius 1 is 1.12 bits per heavy atom. The molecule has 1 saturated heterocycles. The molecule has 1 saturated carbocycles. The van der Waals surface area contributed by atoms with Crippen LogP contribution in [0.5, 0.6) is 0 Å². The fraction of sp³-hybridized carbons (Fsp3) is 0.406. The molecular formula is C32H36ClN5O3. The van der Waals surface area contributed by atoms with E-state index < -0.39 is 0 Å². The van der Waals surface area contributed by atoms with Gasteiger partial charge >= 0.3 is 0 Å². The van der Waals surface area contributed by atoms with Gasteiger partial charge in [-0.15, -0.1) is 0 Å². The second-order valence-corrected chi connectivity index (χ2v) is 11.7. The summed E-state index contributed by atoms with van der Waals surface area (Å²) < 4.78 is 7.56. The molecule has 2 aromatic carbocycles. The number of morpholine rings is 1. The van der Waals surface area contributed by atoms with Gasteiger partial charge in [0.05, 0.1) is 36.5 Å². The summed E-state index contributed by atoms with van der Waals surface area (Å²) in [6.45, 7) is 8.02. The number of aromatic nitrogens is 3. The first-order valence-electron chi connectivity index (χ1n) is 14.4. The topological polar surface area (TPSA) is 92.2 Å². The number of carbonyl (C=O) groups excluding carboxylic acids is 1. The van der Waals surface area contributed by atoms with E-state index in [4.69, 9.17) is 21.4 Å². The Morgan fingerprint density at radius 2 is 1.90 bits per heavy atom. The number of H-pyrrole nitrogens is 1. The summed E-state index contributed by atoms with van der Waals surface area (Å²) in [6, 6.07) is 12.4. The number of fused-ring (bicyclic) bond motifs is 1. The van der Waals surface area contributed by atoms with Crippen LogP contribution in [0.4, 0.5) is 0 Å². The largest absolute Gasteiger partial charge is 0.379 e. The van der Waals surface area contributed by atoms with Crippen LogP contribution in [0.1, 0.15) is 64.5 Å². The summed E-state index contributed by atoms with van der Waals surface area (Å²) in [6.07, 6.45) is 6.31. The highest BCUT2D eigenvalue weighted by Gasteiger charge is 2.23. The highest BCUT2D eigenvalue weighted by Crippen LogP contribution is 2.37. The molecule has 3 heterocycles. The van der Waals surface area contributed by atoms with Crippen LogP contribution >= 0.6 is 11.6 Å². The number of nitrogens with zero attached hydrogens (tertiary/aromatic N) is 3. The Bertz CT molecular complexity index is 1650. The molecule has 214 valence electrons. The summed E-state index contributed by atoms with van der Waals surface area (Å²) in [5.74, 6) is -0.248. The summed E-state index contributed by atoms with van der Waals surface area (Å²) in [4.78, 5) is 31.4. The number of rotatable bonds is 7. The molecular weight excluding hydrogens is 538 g/mol. The zero-order valence-corrected chi connectivity index (χ0v) is 24.4. The number of aryl methyl sites for hydroxylation is 2. The third kappa shape index (κ3) is 5.82. The van der Waals surface area contributed by atoms with E-state index in [1.54, 1.807) is 6.20 Å². The van der Waals surface area contributed by atoms with E-state index in [1.807, 2.05) is 38.1 Å². The Hall–Kier alpha value is -3.46.